The fourth-order valence-electron chi connectivity index (χ4n) is 1.30. The molecule has 7 heteroatoms. The number of halogens is 1. The topological polar surface area (TPSA) is 86.0 Å². The van der Waals surface area contributed by atoms with Gasteiger partial charge in [-0.2, -0.15) is 5.26 Å². The van der Waals surface area contributed by atoms with Crippen LogP contribution in [0.1, 0.15) is 16.1 Å². The monoisotopic (exact) mass is 279 g/mol. The summed E-state index contributed by atoms with van der Waals surface area (Å²) in [6.45, 7) is 0. The highest BCUT2D eigenvalue weighted by atomic mass is 35.5. The molecule has 0 bridgehead atoms. The van der Waals surface area contributed by atoms with Crippen LogP contribution in [0, 0.1) is 11.3 Å². The van der Waals surface area contributed by atoms with Gasteiger partial charge >= 0.3 is 5.97 Å². The first-order chi connectivity index (χ1) is 8.61. The molecule has 0 fully saturated rings. The molecule has 0 spiro atoms. The van der Waals surface area contributed by atoms with Crippen molar-refractivity contribution in [3.63, 3.8) is 0 Å². The van der Waals surface area contributed by atoms with E-state index in [9.17, 15) is 4.79 Å². The minimum Gasteiger partial charge on any atom is -0.476 e. The first-order valence-electron chi connectivity index (χ1n) is 4.75. The van der Waals surface area contributed by atoms with Crippen LogP contribution in [0.4, 0.5) is 10.7 Å². The van der Waals surface area contributed by atoms with Crippen LogP contribution in [0.2, 0.25) is 5.02 Å². The van der Waals surface area contributed by atoms with E-state index >= 15 is 0 Å². The van der Waals surface area contributed by atoms with Crippen molar-refractivity contribution < 1.29 is 9.90 Å². The molecule has 0 aliphatic rings. The van der Waals surface area contributed by atoms with Gasteiger partial charge in [0.25, 0.3) is 0 Å². The van der Waals surface area contributed by atoms with Crippen LogP contribution in [0.5, 0.6) is 0 Å². The van der Waals surface area contributed by atoms with Crippen LogP contribution >= 0.6 is 22.9 Å². The average Bonchev–Trinajstić information content (AvgIpc) is 2.80. The van der Waals surface area contributed by atoms with Crippen molar-refractivity contribution in [3.05, 3.63) is 40.0 Å². The number of nitrogens with one attached hydrogen (secondary N) is 1. The van der Waals surface area contributed by atoms with Gasteiger partial charge in [0.1, 0.15) is 5.00 Å². The predicted molar refractivity (Wildman–Crippen MR) is 68.5 cm³/mol. The second-order valence-electron chi connectivity index (χ2n) is 3.27. The molecule has 0 saturated heterocycles. The van der Waals surface area contributed by atoms with E-state index in [0.29, 0.717) is 21.3 Å². The normalized spacial score (nSPS) is 9.78. The highest BCUT2D eigenvalue weighted by Gasteiger charge is 2.14. The molecular formula is C11H6ClN3O2S. The molecule has 5 nitrogen and oxygen atoms in total. The molecule has 0 unspecified atom stereocenters. The molecule has 2 aromatic rings. The van der Waals surface area contributed by atoms with Gasteiger partial charge in [0.05, 0.1) is 27.9 Å². The Hall–Kier alpha value is -2.10. The molecule has 1 aromatic carbocycles. The molecule has 2 rings (SSSR count). The molecule has 0 saturated carbocycles. The molecule has 1 heterocycles. The van der Waals surface area contributed by atoms with Crippen molar-refractivity contribution in [3.8, 4) is 6.07 Å². The largest absolute Gasteiger partial charge is 0.476 e. The number of rotatable bonds is 3. The zero-order chi connectivity index (χ0) is 13.1. The Morgan fingerprint density at radius 3 is 2.94 bits per heavy atom. The van der Waals surface area contributed by atoms with Crippen LogP contribution in [-0.2, 0) is 0 Å². The second-order valence-corrected chi connectivity index (χ2v) is 4.53. The van der Waals surface area contributed by atoms with Crippen molar-refractivity contribution in [1.29, 1.82) is 5.26 Å². The molecule has 1 aromatic heterocycles. The Morgan fingerprint density at radius 1 is 1.56 bits per heavy atom. The van der Waals surface area contributed by atoms with Crippen LogP contribution in [-0.4, -0.2) is 16.1 Å². The van der Waals surface area contributed by atoms with Crippen LogP contribution in [0.15, 0.2) is 23.7 Å². The summed E-state index contributed by atoms with van der Waals surface area (Å²) < 4.78 is 0. The maximum absolute atomic E-state index is 10.9. The SMILES string of the molecule is N#Cc1ccc(Nc2scnc2C(=O)O)c(Cl)c1. The van der Waals surface area contributed by atoms with Gasteiger partial charge in [0, 0.05) is 0 Å². The summed E-state index contributed by atoms with van der Waals surface area (Å²) in [5, 5.41) is 21.3. The summed E-state index contributed by atoms with van der Waals surface area (Å²) in [5.74, 6) is -1.11. The van der Waals surface area contributed by atoms with Gasteiger partial charge in [-0.15, -0.1) is 11.3 Å². The maximum atomic E-state index is 10.9. The van der Waals surface area contributed by atoms with Crippen molar-refractivity contribution in [2.45, 2.75) is 0 Å². The fraction of sp³-hybridized carbons (Fsp3) is 0. The molecule has 2 N–H and O–H groups in total. The van der Waals surface area contributed by atoms with Gasteiger partial charge in [0.15, 0.2) is 5.69 Å². The Bertz CT molecular complexity index is 648. The van der Waals surface area contributed by atoms with Gasteiger partial charge in [-0.05, 0) is 18.2 Å². The van der Waals surface area contributed by atoms with Crippen LogP contribution in [0.3, 0.4) is 0 Å². The van der Waals surface area contributed by atoms with E-state index in [0.717, 1.165) is 11.3 Å². The maximum Gasteiger partial charge on any atom is 0.357 e. The van der Waals surface area contributed by atoms with E-state index in [-0.39, 0.29) is 5.69 Å². The highest BCUT2D eigenvalue weighted by molar-refractivity contribution is 7.14. The molecule has 0 aliphatic carbocycles. The molecule has 0 aliphatic heterocycles. The van der Waals surface area contributed by atoms with E-state index in [4.69, 9.17) is 22.0 Å². The number of anilines is 2. The summed E-state index contributed by atoms with van der Waals surface area (Å²) in [5.41, 5.74) is 2.35. The van der Waals surface area contributed by atoms with Crippen molar-refractivity contribution in [1.82, 2.24) is 4.98 Å². The summed E-state index contributed by atoms with van der Waals surface area (Å²) >= 11 is 7.14. The number of nitrogens with zero attached hydrogens (tertiary/aromatic N) is 2. The zero-order valence-electron chi connectivity index (χ0n) is 8.85. The number of carboxylic acids is 1. The fourth-order valence-corrected chi connectivity index (χ4v) is 2.21. The standard InChI is InChI=1S/C11H6ClN3O2S/c12-7-3-6(4-13)1-2-8(7)15-10-9(11(16)17)14-5-18-10/h1-3,5,15H,(H,16,17). The minimum atomic E-state index is -1.11. The smallest absolute Gasteiger partial charge is 0.357 e. The third kappa shape index (κ3) is 2.42. The molecule has 0 radical (unpaired) electrons. The second kappa shape index (κ2) is 5.04. The number of nitriles is 1. The number of aromatic carboxylic acids is 1. The average molecular weight is 280 g/mol. The third-order valence-corrected chi connectivity index (χ3v) is 3.17. The Morgan fingerprint density at radius 2 is 2.33 bits per heavy atom. The number of carbonyl (C=O) groups is 1. The van der Waals surface area contributed by atoms with E-state index in [1.807, 2.05) is 6.07 Å². The number of carboxylic acid groups (broad SMARTS) is 1. The molecule has 0 amide bonds. The van der Waals surface area contributed by atoms with E-state index in [2.05, 4.69) is 10.3 Å². The van der Waals surface area contributed by atoms with Gasteiger partial charge in [-0.1, -0.05) is 11.6 Å². The highest BCUT2D eigenvalue weighted by Crippen LogP contribution is 2.30. The minimum absolute atomic E-state index is 0.0552. The number of hydrogen-bond donors (Lipinski definition) is 2. The van der Waals surface area contributed by atoms with Crippen LogP contribution in [0.25, 0.3) is 0 Å². The summed E-state index contributed by atoms with van der Waals surface area (Å²) in [6, 6.07) is 6.68. The van der Waals surface area contributed by atoms with Crippen molar-refractivity contribution in [2.24, 2.45) is 0 Å². The lowest BCUT2D eigenvalue weighted by atomic mass is 10.2. The molecular weight excluding hydrogens is 274 g/mol. The van der Waals surface area contributed by atoms with Crippen LogP contribution < -0.4 is 5.32 Å². The van der Waals surface area contributed by atoms with E-state index < -0.39 is 5.97 Å². The van der Waals surface area contributed by atoms with E-state index in [1.165, 1.54) is 11.6 Å². The Labute approximate surface area is 111 Å². The number of benzene rings is 1. The number of hydrogen-bond acceptors (Lipinski definition) is 5. The van der Waals surface area contributed by atoms with Gasteiger partial charge in [-0.3, -0.25) is 0 Å². The lowest BCUT2D eigenvalue weighted by Crippen LogP contribution is -2.01. The van der Waals surface area contributed by atoms with Crippen molar-refractivity contribution >= 4 is 39.6 Å². The van der Waals surface area contributed by atoms with Gasteiger partial charge < -0.3 is 10.4 Å². The molecule has 0 atom stereocenters. The summed E-state index contributed by atoms with van der Waals surface area (Å²) in [6.07, 6.45) is 0. The van der Waals surface area contributed by atoms with Gasteiger partial charge in [0.2, 0.25) is 0 Å². The number of thiazole rings is 1. The Balaban J connectivity index is 2.32. The predicted octanol–water partition coefficient (Wildman–Crippen LogP) is 3.11. The lowest BCUT2D eigenvalue weighted by Gasteiger charge is -2.06. The quantitative estimate of drug-likeness (QED) is 0.901. The summed E-state index contributed by atoms with van der Waals surface area (Å²) in [7, 11) is 0. The lowest BCUT2D eigenvalue weighted by molar-refractivity contribution is 0.0692. The number of aromatic nitrogens is 1. The van der Waals surface area contributed by atoms with Crippen molar-refractivity contribution in [2.75, 3.05) is 5.32 Å². The first kappa shape index (κ1) is 12.4. The Kier molecular flexibility index (Phi) is 3.46. The molecule has 90 valence electrons. The zero-order valence-corrected chi connectivity index (χ0v) is 10.4. The summed E-state index contributed by atoms with van der Waals surface area (Å²) in [4.78, 5) is 14.6. The third-order valence-electron chi connectivity index (χ3n) is 2.12. The van der Waals surface area contributed by atoms with Gasteiger partial charge in [-0.25, -0.2) is 9.78 Å². The first-order valence-corrected chi connectivity index (χ1v) is 6.01. The van der Waals surface area contributed by atoms with E-state index in [1.54, 1.807) is 12.1 Å². The molecule has 18 heavy (non-hydrogen) atoms.